The van der Waals surface area contributed by atoms with E-state index in [4.69, 9.17) is 0 Å². The topological polar surface area (TPSA) is 3.88 Å². The maximum Gasteiger partial charge on any atom is 0.169 e. The Hall–Kier alpha value is -0.560. The third-order valence-corrected chi connectivity index (χ3v) is 2.23. The molecule has 1 heterocycles. The molecule has 0 saturated heterocycles. The molecule has 0 atom stereocenters. The monoisotopic (exact) mass is 169 g/mol. The van der Waals surface area contributed by atoms with E-state index < -0.39 is 0 Å². The van der Waals surface area contributed by atoms with Crippen LogP contribution in [0.15, 0.2) is 30.6 Å². The first-order chi connectivity index (χ1) is 4.97. The van der Waals surface area contributed by atoms with Gasteiger partial charge in [0.15, 0.2) is 18.4 Å². The van der Waals surface area contributed by atoms with Gasteiger partial charge in [0.05, 0.1) is 0 Å². The lowest BCUT2D eigenvalue weighted by molar-refractivity contribution is -0.733. The molecule has 11 heavy (non-hydrogen) atoms. The predicted molar refractivity (Wildman–Crippen MR) is 39.5 cm³/mol. The van der Waals surface area contributed by atoms with Gasteiger partial charge in [0, 0.05) is 25.0 Å². The van der Waals surface area contributed by atoms with E-state index in [0.29, 0.717) is 0 Å². The molecule has 1 aliphatic rings. The fraction of sp³-hybridized carbons (Fsp3) is 0.444. The molecule has 2 rings (SSSR count). The zero-order valence-corrected chi connectivity index (χ0v) is 7.17. The molecule has 0 aromatic carbocycles. The summed E-state index contributed by atoms with van der Waals surface area (Å²) in [4.78, 5) is 0. The Kier molecular flexibility index (Phi) is 2.89. The lowest BCUT2D eigenvalue weighted by atomic mass is 9.93. The Labute approximate surface area is 73.5 Å². The van der Waals surface area contributed by atoms with Crippen molar-refractivity contribution in [1.82, 2.24) is 0 Å². The van der Waals surface area contributed by atoms with Crippen LogP contribution in [0, 0.1) is 0 Å². The van der Waals surface area contributed by atoms with Crippen molar-refractivity contribution in [3.05, 3.63) is 30.6 Å². The predicted octanol–water partition coefficient (Wildman–Crippen LogP) is -1.30. The Bertz CT molecular complexity index is 206. The Morgan fingerprint density at radius 2 is 1.64 bits per heavy atom. The maximum atomic E-state index is 2.31. The number of halogens is 1. The zero-order valence-electron chi connectivity index (χ0n) is 6.41. The van der Waals surface area contributed by atoms with Gasteiger partial charge in [-0.25, -0.2) is 4.57 Å². The van der Waals surface area contributed by atoms with Crippen LogP contribution in [0.3, 0.4) is 0 Å². The number of aromatic nitrogens is 1. The zero-order chi connectivity index (χ0) is 6.81. The smallest absolute Gasteiger partial charge is 0.169 e. The summed E-state index contributed by atoms with van der Waals surface area (Å²) in [6.07, 6.45) is 8.46. The molecule has 0 N–H and O–H groups in total. The first kappa shape index (κ1) is 8.54. The summed E-state index contributed by atoms with van der Waals surface area (Å²) in [5, 5.41) is 0. The third-order valence-electron chi connectivity index (χ3n) is 2.23. The van der Waals surface area contributed by atoms with E-state index in [1.807, 2.05) is 0 Å². The number of pyridine rings is 1. The molecule has 1 aromatic heterocycles. The largest absolute Gasteiger partial charge is 1.00 e. The van der Waals surface area contributed by atoms with Gasteiger partial charge < -0.3 is 12.4 Å². The summed E-state index contributed by atoms with van der Waals surface area (Å²) >= 11 is 0. The number of hydrogen-bond donors (Lipinski definition) is 0. The Morgan fingerprint density at radius 3 is 2.09 bits per heavy atom. The first-order valence-corrected chi connectivity index (χ1v) is 3.92. The molecule has 2 heteroatoms. The van der Waals surface area contributed by atoms with Crippen LogP contribution >= 0.6 is 0 Å². The van der Waals surface area contributed by atoms with Crippen LogP contribution < -0.4 is 17.0 Å². The lowest BCUT2D eigenvalue weighted by Gasteiger charge is -2.19. The van der Waals surface area contributed by atoms with Crippen LogP contribution in [0.5, 0.6) is 0 Å². The Morgan fingerprint density at radius 1 is 1.00 bits per heavy atom. The summed E-state index contributed by atoms with van der Waals surface area (Å²) < 4.78 is 2.31. The second-order valence-electron chi connectivity index (χ2n) is 2.91. The van der Waals surface area contributed by atoms with Gasteiger partial charge in [0.2, 0.25) is 0 Å². The van der Waals surface area contributed by atoms with Crippen LogP contribution in [-0.4, -0.2) is 0 Å². The molecular weight excluding hydrogens is 158 g/mol. The van der Waals surface area contributed by atoms with E-state index in [1.54, 1.807) is 0 Å². The molecular formula is C9H12ClN. The van der Waals surface area contributed by atoms with Crippen LogP contribution in [0.25, 0.3) is 0 Å². The summed E-state index contributed by atoms with van der Waals surface area (Å²) in [6.45, 7) is 0. The van der Waals surface area contributed by atoms with Crippen molar-refractivity contribution < 1.29 is 17.0 Å². The van der Waals surface area contributed by atoms with E-state index in [1.165, 1.54) is 19.3 Å². The highest BCUT2D eigenvalue weighted by molar-refractivity contribution is 4.84. The van der Waals surface area contributed by atoms with E-state index in [0.717, 1.165) is 6.04 Å². The molecule has 1 nitrogen and oxygen atoms in total. The Balaban J connectivity index is 0.000000605. The van der Waals surface area contributed by atoms with E-state index in [-0.39, 0.29) is 12.4 Å². The molecule has 1 fully saturated rings. The minimum absolute atomic E-state index is 0. The van der Waals surface area contributed by atoms with Gasteiger partial charge >= 0.3 is 0 Å². The molecule has 60 valence electrons. The van der Waals surface area contributed by atoms with Crippen LogP contribution in [-0.2, 0) is 0 Å². The third kappa shape index (κ3) is 1.72. The van der Waals surface area contributed by atoms with E-state index >= 15 is 0 Å². The average Bonchev–Trinajstić information content (AvgIpc) is 1.86. The van der Waals surface area contributed by atoms with Crippen molar-refractivity contribution in [3.63, 3.8) is 0 Å². The van der Waals surface area contributed by atoms with Crippen molar-refractivity contribution in [3.8, 4) is 0 Å². The molecule has 0 spiro atoms. The van der Waals surface area contributed by atoms with Crippen molar-refractivity contribution in [2.45, 2.75) is 25.3 Å². The maximum absolute atomic E-state index is 2.31. The van der Waals surface area contributed by atoms with Crippen molar-refractivity contribution in [1.29, 1.82) is 0 Å². The van der Waals surface area contributed by atoms with Gasteiger partial charge in [0.25, 0.3) is 0 Å². The number of rotatable bonds is 1. The minimum atomic E-state index is 0. The molecule has 1 aliphatic carbocycles. The fourth-order valence-corrected chi connectivity index (χ4v) is 1.34. The minimum Gasteiger partial charge on any atom is -1.00 e. The van der Waals surface area contributed by atoms with Gasteiger partial charge in [-0.3, -0.25) is 0 Å². The van der Waals surface area contributed by atoms with Crippen molar-refractivity contribution in [2.75, 3.05) is 0 Å². The van der Waals surface area contributed by atoms with E-state index in [2.05, 4.69) is 35.2 Å². The molecule has 0 unspecified atom stereocenters. The van der Waals surface area contributed by atoms with Crippen molar-refractivity contribution >= 4 is 0 Å². The summed E-state index contributed by atoms with van der Waals surface area (Å²) in [6, 6.07) is 7.06. The summed E-state index contributed by atoms with van der Waals surface area (Å²) in [7, 11) is 0. The molecule has 1 saturated carbocycles. The first-order valence-electron chi connectivity index (χ1n) is 3.92. The van der Waals surface area contributed by atoms with Crippen LogP contribution in [0.2, 0.25) is 0 Å². The summed E-state index contributed by atoms with van der Waals surface area (Å²) in [5.74, 6) is 0. The molecule has 0 radical (unpaired) electrons. The normalized spacial score (nSPS) is 16.7. The molecule has 0 bridgehead atoms. The molecule has 1 aromatic rings. The van der Waals surface area contributed by atoms with Gasteiger partial charge in [-0.05, 0) is 6.42 Å². The standard InChI is InChI=1S/C9H12N.ClH/c1-2-7-10(8-3-1)9-5-4-6-9;/h1-3,7-9H,4-6H2;1H/q+1;/p-1. The van der Waals surface area contributed by atoms with Crippen LogP contribution in [0.1, 0.15) is 25.3 Å². The fourth-order valence-electron chi connectivity index (χ4n) is 1.34. The second-order valence-corrected chi connectivity index (χ2v) is 2.91. The highest BCUT2D eigenvalue weighted by Crippen LogP contribution is 2.25. The number of nitrogens with zero attached hydrogens (tertiary/aromatic N) is 1. The van der Waals surface area contributed by atoms with Gasteiger partial charge in [0.1, 0.15) is 0 Å². The van der Waals surface area contributed by atoms with Gasteiger partial charge in [-0.2, -0.15) is 0 Å². The van der Waals surface area contributed by atoms with Crippen LogP contribution in [0.4, 0.5) is 0 Å². The molecule has 0 amide bonds. The second kappa shape index (κ2) is 3.72. The highest BCUT2D eigenvalue weighted by atomic mass is 35.5. The van der Waals surface area contributed by atoms with Gasteiger partial charge in [-0.15, -0.1) is 0 Å². The summed E-state index contributed by atoms with van der Waals surface area (Å²) in [5.41, 5.74) is 0. The number of hydrogen-bond acceptors (Lipinski definition) is 0. The quantitative estimate of drug-likeness (QED) is 0.461. The SMILES string of the molecule is [Cl-].c1cc[n+](C2CCC2)cc1. The van der Waals surface area contributed by atoms with E-state index in [9.17, 15) is 0 Å². The lowest BCUT2D eigenvalue weighted by Crippen LogP contribution is -3.00. The van der Waals surface area contributed by atoms with Gasteiger partial charge in [-0.1, -0.05) is 6.07 Å². The molecule has 0 aliphatic heterocycles. The highest BCUT2D eigenvalue weighted by Gasteiger charge is 2.25. The van der Waals surface area contributed by atoms with Crippen molar-refractivity contribution in [2.24, 2.45) is 0 Å². The average molecular weight is 170 g/mol.